The number of nitrogens with one attached hydrogen (secondary N) is 2. The molecule has 1 amide bonds. The van der Waals surface area contributed by atoms with E-state index >= 15 is 0 Å². The lowest BCUT2D eigenvalue weighted by Crippen LogP contribution is -2.28. The molecular formula is C16H16FN3O3S. The van der Waals surface area contributed by atoms with Crippen molar-refractivity contribution in [3.05, 3.63) is 59.7 Å². The molecule has 0 radical (unpaired) electrons. The second-order valence-electron chi connectivity index (χ2n) is 5.58. The molecule has 126 valence electrons. The van der Waals surface area contributed by atoms with Crippen molar-refractivity contribution in [2.75, 3.05) is 0 Å². The lowest BCUT2D eigenvalue weighted by molar-refractivity contribution is 0.0950. The maximum Gasteiger partial charge on any atom is 0.251 e. The highest BCUT2D eigenvalue weighted by Gasteiger charge is 2.30. The summed E-state index contributed by atoms with van der Waals surface area (Å²) >= 11 is 0. The van der Waals surface area contributed by atoms with E-state index in [-0.39, 0.29) is 18.2 Å². The minimum Gasteiger partial charge on any atom is -0.348 e. The average molecular weight is 349 g/mol. The molecule has 2 aromatic rings. The van der Waals surface area contributed by atoms with E-state index in [2.05, 4.69) is 15.0 Å². The van der Waals surface area contributed by atoms with Crippen LogP contribution in [0.2, 0.25) is 0 Å². The van der Waals surface area contributed by atoms with E-state index in [0.717, 1.165) is 30.5 Å². The normalized spacial score (nSPS) is 14.4. The molecule has 0 spiro atoms. The average Bonchev–Trinajstić information content (AvgIpc) is 3.37. The van der Waals surface area contributed by atoms with Gasteiger partial charge in [0.25, 0.3) is 5.91 Å². The predicted octanol–water partition coefficient (Wildman–Crippen LogP) is 1.59. The van der Waals surface area contributed by atoms with Crippen LogP contribution in [0.4, 0.5) is 4.39 Å². The molecule has 1 heterocycles. The standard InChI is InChI=1S/C16H16FN3O3S/c17-14-6-3-12(8-15(14)24(22,23)20-13-4-5-13)16(21)19-10-11-2-1-7-18-9-11/h1-3,6-9,13,20H,4-5,10H2,(H,19,21). The van der Waals surface area contributed by atoms with Crippen LogP contribution < -0.4 is 10.0 Å². The molecule has 6 nitrogen and oxygen atoms in total. The Bertz CT molecular complexity index is 852. The van der Waals surface area contributed by atoms with Crippen molar-refractivity contribution < 1.29 is 17.6 Å². The molecule has 1 aliphatic carbocycles. The number of nitrogens with zero attached hydrogens (tertiary/aromatic N) is 1. The smallest absolute Gasteiger partial charge is 0.251 e. The van der Waals surface area contributed by atoms with Crippen LogP contribution in [-0.4, -0.2) is 25.4 Å². The van der Waals surface area contributed by atoms with Gasteiger partial charge in [0.05, 0.1) is 0 Å². The predicted molar refractivity (Wildman–Crippen MR) is 85.2 cm³/mol. The highest BCUT2D eigenvalue weighted by molar-refractivity contribution is 7.89. The third kappa shape index (κ3) is 3.95. The Labute approximate surface area is 139 Å². The van der Waals surface area contributed by atoms with E-state index in [9.17, 15) is 17.6 Å². The lowest BCUT2D eigenvalue weighted by atomic mass is 10.2. The SMILES string of the molecule is O=C(NCc1cccnc1)c1ccc(F)c(S(=O)(=O)NC2CC2)c1. The molecule has 0 atom stereocenters. The number of carbonyl (C=O) groups is 1. The van der Waals surface area contributed by atoms with Gasteiger partial charge in [-0.25, -0.2) is 17.5 Å². The number of hydrogen-bond donors (Lipinski definition) is 2. The van der Waals surface area contributed by atoms with E-state index in [1.54, 1.807) is 24.5 Å². The molecule has 0 bridgehead atoms. The van der Waals surface area contributed by atoms with E-state index in [1.165, 1.54) is 6.07 Å². The molecule has 1 saturated carbocycles. The first-order valence-corrected chi connectivity index (χ1v) is 8.93. The Morgan fingerprint density at radius 2 is 2.08 bits per heavy atom. The molecule has 2 N–H and O–H groups in total. The molecule has 24 heavy (non-hydrogen) atoms. The van der Waals surface area contributed by atoms with Gasteiger partial charge < -0.3 is 5.32 Å². The maximum absolute atomic E-state index is 13.9. The number of carbonyl (C=O) groups excluding carboxylic acids is 1. The highest BCUT2D eigenvalue weighted by Crippen LogP contribution is 2.24. The van der Waals surface area contributed by atoms with Crippen LogP contribution >= 0.6 is 0 Å². The zero-order valence-electron chi connectivity index (χ0n) is 12.7. The van der Waals surface area contributed by atoms with E-state index in [4.69, 9.17) is 0 Å². The van der Waals surface area contributed by atoms with Crippen molar-refractivity contribution in [3.8, 4) is 0 Å². The topological polar surface area (TPSA) is 88.2 Å². The number of amides is 1. The summed E-state index contributed by atoms with van der Waals surface area (Å²) in [4.78, 5) is 15.6. The van der Waals surface area contributed by atoms with Crippen molar-refractivity contribution in [3.63, 3.8) is 0 Å². The first-order valence-electron chi connectivity index (χ1n) is 7.45. The quantitative estimate of drug-likeness (QED) is 0.829. The van der Waals surface area contributed by atoms with Crippen molar-refractivity contribution in [1.29, 1.82) is 0 Å². The molecule has 0 saturated heterocycles. The van der Waals surface area contributed by atoms with Crippen LogP contribution in [0, 0.1) is 5.82 Å². The van der Waals surface area contributed by atoms with E-state index in [1.807, 2.05) is 0 Å². The van der Waals surface area contributed by atoms with Gasteiger partial charge in [0.2, 0.25) is 10.0 Å². The fourth-order valence-electron chi connectivity index (χ4n) is 2.12. The molecule has 0 unspecified atom stereocenters. The summed E-state index contributed by atoms with van der Waals surface area (Å²) in [5.41, 5.74) is 0.882. The minimum atomic E-state index is -3.97. The van der Waals surface area contributed by atoms with E-state index < -0.39 is 26.6 Å². The van der Waals surface area contributed by atoms with E-state index in [0.29, 0.717) is 0 Å². The summed E-state index contributed by atoms with van der Waals surface area (Å²) in [6, 6.07) is 6.70. The molecule has 1 aromatic heterocycles. The summed E-state index contributed by atoms with van der Waals surface area (Å²) in [7, 11) is -3.97. The highest BCUT2D eigenvalue weighted by atomic mass is 32.2. The van der Waals surface area contributed by atoms with Gasteiger partial charge in [0.15, 0.2) is 0 Å². The molecule has 8 heteroatoms. The zero-order valence-corrected chi connectivity index (χ0v) is 13.5. The molecule has 1 fully saturated rings. The van der Waals surface area contributed by atoms with Crippen molar-refractivity contribution >= 4 is 15.9 Å². The summed E-state index contributed by atoms with van der Waals surface area (Å²) < 4.78 is 40.6. The Morgan fingerprint density at radius 3 is 2.75 bits per heavy atom. The molecular weight excluding hydrogens is 333 g/mol. The van der Waals surface area contributed by atoms with Crippen LogP contribution in [0.1, 0.15) is 28.8 Å². The lowest BCUT2D eigenvalue weighted by Gasteiger charge is -2.09. The van der Waals surface area contributed by atoms with Gasteiger partial charge in [-0.15, -0.1) is 0 Å². The number of sulfonamides is 1. The Balaban J connectivity index is 1.76. The second-order valence-corrected chi connectivity index (χ2v) is 7.27. The van der Waals surface area contributed by atoms with Gasteiger partial charge in [-0.2, -0.15) is 0 Å². The fourth-order valence-corrected chi connectivity index (χ4v) is 3.53. The molecule has 0 aliphatic heterocycles. The van der Waals surface area contributed by atoms with Crippen LogP contribution in [0.5, 0.6) is 0 Å². The third-order valence-corrected chi connectivity index (χ3v) is 5.09. The fraction of sp³-hybridized carbons (Fsp3) is 0.250. The van der Waals surface area contributed by atoms with Crippen molar-refractivity contribution in [2.45, 2.75) is 30.3 Å². The Morgan fingerprint density at radius 1 is 1.29 bits per heavy atom. The summed E-state index contributed by atoms with van der Waals surface area (Å²) in [6.07, 6.45) is 4.72. The second kappa shape index (κ2) is 6.66. The monoisotopic (exact) mass is 349 g/mol. The van der Waals surface area contributed by atoms with Crippen LogP contribution in [0.25, 0.3) is 0 Å². The number of rotatable bonds is 6. The van der Waals surface area contributed by atoms with Gasteiger partial charge in [-0.1, -0.05) is 6.07 Å². The molecule has 1 aliphatic rings. The number of hydrogen-bond acceptors (Lipinski definition) is 4. The zero-order chi connectivity index (χ0) is 17.2. The molecule has 3 rings (SSSR count). The number of halogens is 1. The van der Waals surface area contributed by atoms with Crippen LogP contribution in [-0.2, 0) is 16.6 Å². The molecule has 1 aromatic carbocycles. The van der Waals surface area contributed by atoms with Crippen molar-refractivity contribution in [2.24, 2.45) is 0 Å². The summed E-state index contributed by atoms with van der Waals surface area (Å²) in [6.45, 7) is 0.243. The van der Waals surface area contributed by atoms with Gasteiger partial charge in [0.1, 0.15) is 10.7 Å². The van der Waals surface area contributed by atoms with Gasteiger partial charge in [-0.05, 0) is 42.7 Å². The largest absolute Gasteiger partial charge is 0.348 e. The number of benzene rings is 1. The minimum absolute atomic E-state index is 0.0801. The van der Waals surface area contributed by atoms with Gasteiger partial charge >= 0.3 is 0 Å². The summed E-state index contributed by atoms with van der Waals surface area (Å²) in [5.74, 6) is -1.37. The maximum atomic E-state index is 13.9. The first kappa shape index (κ1) is 16.5. The Kier molecular flexibility index (Phi) is 4.59. The number of aromatic nitrogens is 1. The first-order chi connectivity index (χ1) is 11.5. The van der Waals surface area contributed by atoms with Gasteiger partial charge in [0, 0.05) is 30.5 Å². The van der Waals surface area contributed by atoms with Crippen LogP contribution in [0.15, 0.2) is 47.6 Å². The van der Waals surface area contributed by atoms with Crippen molar-refractivity contribution in [1.82, 2.24) is 15.0 Å². The third-order valence-electron chi connectivity index (χ3n) is 3.56. The number of pyridine rings is 1. The summed E-state index contributed by atoms with van der Waals surface area (Å²) in [5, 5.41) is 2.65. The van der Waals surface area contributed by atoms with Crippen LogP contribution in [0.3, 0.4) is 0 Å². The Hall–Kier alpha value is -2.32. The van der Waals surface area contributed by atoms with Gasteiger partial charge in [-0.3, -0.25) is 9.78 Å².